The number of halogens is 1. The fraction of sp³-hybridized carbons (Fsp3) is 0.0769. The van der Waals surface area contributed by atoms with Gasteiger partial charge in [0.25, 0.3) is 0 Å². The molecule has 0 aliphatic rings. The monoisotopic (exact) mass is 246 g/mol. The number of anilines is 1. The largest absolute Gasteiger partial charge is 0.508 e. The Balaban J connectivity index is 1.98. The molecule has 0 aliphatic heterocycles. The first-order valence-corrected chi connectivity index (χ1v) is 5.33. The standard InChI is InChI=1S/C13H11FN2O2/c14-10-4-5-12(15-8-10)16-13(18)7-9-2-1-3-11(17)6-9/h1-6,8,17H,7H2,(H,15,16,18). The summed E-state index contributed by atoms with van der Waals surface area (Å²) in [7, 11) is 0. The van der Waals surface area contributed by atoms with Gasteiger partial charge in [-0.3, -0.25) is 4.79 Å². The Morgan fingerprint density at radius 2 is 2.17 bits per heavy atom. The third kappa shape index (κ3) is 3.28. The normalized spacial score (nSPS) is 10.1. The molecule has 0 fully saturated rings. The SMILES string of the molecule is O=C(Cc1cccc(O)c1)Nc1ccc(F)cn1. The van der Waals surface area contributed by atoms with Crippen molar-refractivity contribution in [2.45, 2.75) is 6.42 Å². The highest BCUT2D eigenvalue weighted by Gasteiger charge is 2.05. The highest BCUT2D eigenvalue weighted by atomic mass is 19.1. The van der Waals surface area contributed by atoms with Gasteiger partial charge in [0, 0.05) is 0 Å². The van der Waals surface area contributed by atoms with Crippen molar-refractivity contribution in [1.29, 1.82) is 0 Å². The Hall–Kier alpha value is -2.43. The highest BCUT2D eigenvalue weighted by molar-refractivity contribution is 5.91. The van der Waals surface area contributed by atoms with E-state index in [-0.39, 0.29) is 18.1 Å². The van der Waals surface area contributed by atoms with Crippen molar-refractivity contribution in [3.05, 3.63) is 54.0 Å². The van der Waals surface area contributed by atoms with Crippen LogP contribution in [0.15, 0.2) is 42.6 Å². The van der Waals surface area contributed by atoms with Gasteiger partial charge in [-0.15, -0.1) is 0 Å². The molecule has 2 rings (SSSR count). The molecule has 1 aromatic heterocycles. The van der Waals surface area contributed by atoms with Crippen LogP contribution in [0, 0.1) is 5.82 Å². The molecule has 4 nitrogen and oxygen atoms in total. The van der Waals surface area contributed by atoms with Gasteiger partial charge < -0.3 is 10.4 Å². The Bertz CT molecular complexity index is 555. The summed E-state index contributed by atoms with van der Waals surface area (Å²) in [6.45, 7) is 0. The molecule has 0 saturated carbocycles. The van der Waals surface area contributed by atoms with Crippen LogP contribution in [0.5, 0.6) is 5.75 Å². The molecule has 18 heavy (non-hydrogen) atoms. The van der Waals surface area contributed by atoms with E-state index in [1.54, 1.807) is 12.1 Å². The molecule has 1 aromatic carbocycles. The molecule has 0 atom stereocenters. The average molecular weight is 246 g/mol. The lowest BCUT2D eigenvalue weighted by Crippen LogP contribution is -2.15. The number of benzene rings is 1. The predicted molar refractivity (Wildman–Crippen MR) is 64.6 cm³/mol. The zero-order chi connectivity index (χ0) is 13.0. The van der Waals surface area contributed by atoms with Crippen molar-refractivity contribution in [3.63, 3.8) is 0 Å². The first kappa shape index (κ1) is 12.0. The Kier molecular flexibility index (Phi) is 3.52. The first-order chi connectivity index (χ1) is 8.63. The van der Waals surface area contributed by atoms with Gasteiger partial charge in [-0.1, -0.05) is 12.1 Å². The Morgan fingerprint density at radius 3 is 2.83 bits per heavy atom. The van der Waals surface area contributed by atoms with Gasteiger partial charge in [-0.2, -0.15) is 0 Å². The fourth-order valence-corrected chi connectivity index (χ4v) is 1.49. The Labute approximate surface area is 103 Å². The van der Waals surface area contributed by atoms with E-state index in [9.17, 15) is 14.3 Å². The number of nitrogens with zero attached hydrogens (tertiary/aromatic N) is 1. The third-order valence-electron chi connectivity index (χ3n) is 2.27. The van der Waals surface area contributed by atoms with Gasteiger partial charge in [0.15, 0.2) is 0 Å². The van der Waals surface area contributed by atoms with Crippen LogP contribution in [-0.2, 0) is 11.2 Å². The van der Waals surface area contributed by atoms with Crippen molar-refractivity contribution in [2.24, 2.45) is 0 Å². The average Bonchev–Trinajstić information content (AvgIpc) is 2.32. The Morgan fingerprint density at radius 1 is 1.33 bits per heavy atom. The summed E-state index contributed by atoms with van der Waals surface area (Å²) in [5, 5.41) is 11.8. The van der Waals surface area contributed by atoms with E-state index in [0.717, 1.165) is 6.20 Å². The van der Waals surface area contributed by atoms with E-state index < -0.39 is 5.82 Å². The molecule has 1 amide bonds. The topological polar surface area (TPSA) is 62.2 Å². The lowest BCUT2D eigenvalue weighted by Gasteiger charge is -2.04. The zero-order valence-electron chi connectivity index (χ0n) is 9.43. The number of carbonyl (C=O) groups is 1. The predicted octanol–water partition coefficient (Wildman–Crippen LogP) is 2.11. The van der Waals surface area contributed by atoms with Crippen LogP contribution in [0.25, 0.3) is 0 Å². The molecular formula is C13H11FN2O2. The number of phenolic OH excluding ortho intramolecular Hbond substituents is 1. The van der Waals surface area contributed by atoms with Crippen LogP contribution in [0.1, 0.15) is 5.56 Å². The molecule has 0 bridgehead atoms. The molecule has 2 N–H and O–H groups in total. The van der Waals surface area contributed by atoms with Crippen molar-refractivity contribution < 1.29 is 14.3 Å². The second-order valence-corrected chi connectivity index (χ2v) is 3.76. The van der Waals surface area contributed by atoms with E-state index in [2.05, 4.69) is 10.3 Å². The van der Waals surface area contributed by atoms with Crippen molar-refractivity contribution >= 4 is 11.7 Å². The van der Waals surface area contributed by atoms with E-state index >= 15 is 0 Å². The summed E-state index contributed by atoms with van der Waals surface area (Å²) in [5.41, 5.74) is 0.689. The maximum atomic E-state index is 12.6. The van der Waals surface area contributed by atoms with Gasteiger partial charge in [0.05, 0.1) is 12.6 Å². The molecule has 2 aromatic rings. The summed E-state index contributed by atoms with van der Waals surface area (Å²) in [4.78, 5) is 15.4. The minimum absolute atomic E-state index is 0.111. The number of amides is 1. The fourth-order valence-electron chi connectivity index (χ4n) is 1.49. The van der Waals surface area contributed by atoms with Crippen molar-refractivity contribution in [1.82, 2.24) is 4.98 Å². The lowest BCUT2D eigenvalue weighted by molar-refractivity contribution is -0.115. The lowest BCUT2D eigenvalue weighted by atomic mass is 10.1. The second-order valence-electron chi connectivity index (χ2n) is 3.76. The summed E-state index contributed by atoms with van der Waals surface area (Å²) in [6.07, 6.45) is 1.15. The smallest absolute Gasteiger partial charge is 0.229 e. The van der Waals surface area contributed by atoms with Crippen molar-refractivity contribution in [3.8, 4) is 5.75 Å². The number of phenols is 1. The zero-order valence-corrected chi connectivity index (χ0v) is 9.43. The molecule has 0 saturated heterocycles. The molecule has 1 heterocycles. The molecule has 0 radical (unpaired) electrons. The molecule has 5 heteroatoms. The third-order valence-corrected chi connectivity index (χ3v) is 2.27. The summed E-state index contributed by atoms with van der Waals surface area (Å²) in [5.74, 6) is -0.331. The van der Waals surface area contributed by atoms with E-state index in [0.29, 0.717) is 11.4 Å². The number of aromatic hydroxyl groups is 1. The van der Waals surface area contributed by atoms with Crippen molar-refractivity contribution in [2.75, 3.05) is 5.32 Å². The van der Waals surface area contributed by atoms with Crippen LogP contribution in [0.3, 0.4) is 0 Å². The number of hydrogen-bond donors (Lipinski definition) is 2. The van der Waals surface area contributed by atoms with Crippen LogP contribution in [-0.4, -0.2) is 16.0 Å². The quantitative estimate of drug-likeness (QED) is 0.871. The van der Waals surface area contributed by atoms with Gasteiger partial charge in [-0.05, 0) is 29.8 Å². The number of hydrogen-bond acceptors (Lipinski definition) is 3. The first-order valence-electron chi connectivity index (χ1n) is 5.33. The van der Waals surface area contributed by atoms with Crippen LogP contribution < -0.4 is 5.32 Å². The summed E-state index contributed by atoms with van der Waals surface area (Å²) < 4.78 is 12.6. The number of aromatic nitrogens is 1. The maximum absolute atomic E-state index is 12.6. The molecule has 0 unspecified atom stereocenters. The van der Waals surface area contributed by atoms with Crippen LogP contribution >= 0.6 is 0 Å². The second kappa shape index (κ2) is 5.27. The summed E-state index contributed by atoms with van der Waals surface area (Å²) in [6, 6.07) is 9.04. The number of rotatable bonds is 3. The molecule has 0 aliphatic carbocycles. The minimum Gasteiger partial charge on any atom is -0.508 e. The summed E-state index contributed by atoms with van der Waals surface area (Å²) >= 11 is 0. The molecule has 0 spiro atoms. The van der Waals surface area contributed by atoms with E-state index in [1.165, 1.54) is 24.3 Å². The minimum atomic E-state index is -0.457. The van der Waals surface area contributed by atoms with Crippen LogP contribution in [0.4, 0.5) is 10.2 Å². The maximum Gasteiger partial charge on any atom is 0.229 e. The van der Waals surface area contributed by atoms with Crippen LogP contribution in [0.2, 0.25) is 0 Å². The van der Waals surface area contributed by atoms with Gasteiger partial charge in [-0.25, -0.2) is 9.37 Å². The highest BCUT2D eigenvalue weighted by Crippen LogP contribution is 2.12. The molecule has 92 valence electrons. The van der Waals surface area contributed by atoms with E-state index in [4.69, 9.17) is 0 Å². The molecular weight excluding hydrogens is 235 g/mol. The van der Waals surface area contributed by atoms with Gasteiger partial charge in [0.1, 0.15) is 17.4 Å². The number of pyridine rings is 1. The van der Waals surface area contributed by atoms with E-state index in [1.807, 2.05) is 0 Å². The number of nitrogens with one attached hydrogen (secondary N) is 1. The van der Waals surface area contributed by atoms with Gasteiger partial charge >= 0.3 is 0 Å². The van der Waals surface area contributed by atoms with Gasteiger partial charge in [0.2, 0.25) is 5.91 Å². The number of carbonyl (C=O) groups excluding carboxylic acids is 1.